The molecule has 1 rings (SSSR count). The second-order valence-electron chi connectivity index (χ2n) is 2.80. The summed E-state index contributed by atoms with van der Waals surface area (Å²) in [5.41, 5.74) is 1.11. The molecule has 0 spiro atoms. The minimum Gasteiger partial charge on any atom is -0.396 e. The van der Waals surface area contributed by atoms with E-state index in [9.17, 15) is 0 Å². The van der Waals surface area contributed by atoms with Gasteiger partial charge in [0.15, 0.2) is 0 Å². The van der Waals surface area contributed by atoms with Crippen LogP contribution in [-0.4, -0.2) is 18.0 Å². The lowest BCUT2D eigenvalue weighted by atomic mass is 10.0. The lowest BCUT2D eigenvalue weighted by Gasteiger charge is -2.10. The van der Waals surface area contributed by atoms with Crippen molar-refractivity contribution in [3.63, 3.8) is 0 Å². The van der Waals surface area contributed by atoms with Gasteiger partial charge in [-0.1, -0.05) is 0 Å². The molecule has 0 aliphatic heterocycles. The van der Waals surface area contributed by atoms with Crippen LogP contribution in [0.2, 0.25) is 0 Å². The second kappa shape index (κ2) is 5.22. The summed E-state index contributed by atoms with van der Waals surface area (Å²) in [5.74, 6) is -0.0133. The number of halogens is 1. The number of hydrogen-bond donors (Lipinski definition) is 1. The second-order valence-corrected chi connectivity index (χ2v) is 4.93. The van der Waals surface area contributed by atoms with Crippen molar-refractivity contribution in [2.45, 2.75) is 10.8 Å². The molecule has 0 amide bonds. The van der Waals surface area contributed by atoms with Crippen molar-refractivity contribution in [1.29, 1.82) is 0 Å². The van der Waals surface area contributed by atoms with Gasteiger partial charge in [-0.25, -0.2) is 0 Å². The molecule has 1 nitrogen and oxygen atoms in total. The minimum atomic E-state index is -0.0133. The maximum absolute atomic E-state index is 8.97. The molecule has 0 fully saturated rings. The summed E-state index contributed by atoms with van der Waals surface area (Å²) in [6, 6.07) is 6.27. The van der Waals surface area contributed by atoms with Gasteiger partial charge in [-0.3, -0.25) is 0 Å². The predicted molar refractivity (Wildman–Crippen MR) is 66.1 cm³/mol. The summed E-state index contributed by atoms with van der Waals surface area (Å²) >= 11 is 3.99. The quantitative estimate of drug-likeness (QED) is 0.684. The third kappa shape index (κ3) is 3.14. The minimum absolute atomic E-state index is 0.0133. The zero-order chi connectivity index (χ0) is 9.84. The average Bonchev–Trinajstić information content (AvgIpc) is 2.15. The van der Waals surface area contributed by atoms with E-state index in [-0.39, 0.29) is 12.5 Å². The molecule has 1 N–H and O–H groups in total. The Labute approximate surface area is 97.1 Å². The summed E-state index contributed by atoms with van der Waals surface area (Å²) in [4.78, 5) is 1.23. The van der Waals surface area contributed by atoms with Gasteiger partial charge >= 0.3 is 0 Å². The summed E-state index contributed by atoms with van der Waals surface area (Å²) in [5, 5.41) is 8.97. The Morgan fingerprint density at radius 1 is 1.54 bits per heavy atom. The summed E-state index contributed by atoms with van der Waals surface area (Å²) in [6.45, 7) is 3.99. The van der Waals surface area contributed by atoms with E-state index in [1.807, 2.05) is 6.26 Å². The summed E-state index contributed by atoms with van der Waals surface area (Å²) in [6.07, 6.45) is 2.05. The van der Waals surface area contributed by atoms with Crippen molar-refractivity contribution < 1.29 is 5.11 Å². The first-order valence-electron chi connectivity index (χ1n) is 3.95. The maximum Gasteiger partial charge on any atom is 0.0499 e. The van der Waals surface area contributed by atoms with Gasteiger partial charge in [-0.05, 0) is 59.5 Å². The van der Waals surface area contributed by atoms with Crippen LogP contribution in [0.25, 0.3) is 0 Å². The van der Waals surface area contributed by atoms with Crippen LogP contribution >= 0.6 is 34.4 Å². The van der Waals surface area contributed by atoms with Crippen molar-refractivity contribution in [3.05, 3.63) is 34.3 Å². The van der Waals surface area contributed by atoms with Crippen molar-refractivity contribution in [2.24, 2.45) is 0 Å². The first-order chi connectivity index (χ1) is 6.17. The average molecular weight is 307 g/mol. The molecule has 0 bridgehead atoms. The Morgan fingerprint density at radius 3 is 2.77 bits per heavy atom. The van der Waals surface area contributed by atoms with E-state index in [0.717, 1.165) is 5.56 Å². The van der Waals surface area contributed by atoms with Gasteiger partial charge in [-0.15, -0.1) is 11.8 Å². The smallest absolute Gasteiger partial charge is 0.0499 e. The molecule has 1 unspecified atom stereocenters. The Balaban J connectivity index is 3.01. The first kappa shape index (κ1) is 11.3. The van der Waals surface area contributed by atoms with E-state index in [0.29, 0.717) is 0 Å². The molecule has 13 heavy (non-hydrogen) atoms. The molecule has 0 aliphatic carbocycles. The molecule has 0 aromatic heterocycles. The number of benzene rings is 1. The molecule has 0 heterocycles. The number of rotatable bonds is 3. The lowest BCUT2D eigenvalue weighted by molar-refractivity contribution is 0.282. The lowest BCUT2D eigenvalue weighted by Crippen LogP contribution is -1.99. The molecule has 0 aliphatic rings. The monoisotopic (exact) mass is 307 g/mol. The maximum atomic E-state index is 8.97. The van der Waals surface area contributed by atoms with Gasteiger partial charge in [0.05, 0.1) is 0 Å². The van der Waals surface area contributed by atoms with Gasteiger partial charge in [0.1, 0.15) is 0 Å². The zero-order valence-electron chi connectivity index (χ0n) is 7.46. The van der Waals surface area contributed by atoms with Crippen LogP contribution < -0.4 is 0 Å². The van der Waals surface area contributed by atoms with E-state index in [1.165, 1.54) is 8.47 Å². The Bertz CT molecular complexity index is 288. The number of aliphatic hydroxyl groups excluding tert-OH is 1. The SMILES string of the molecule is [CH2]C(CO)c1cc(I)cc(SC)c1. The highest BCUT2D eigenvalue weighted by Crippen LogP contribution is 2.24. The van der Waals surface area contributed by atoms with Crippen LogP contribution in [0.15, 0.2) is 23.1 Å². The number of aliphatic hydroxyl groups is 1. The molecule has 0 saturated heterocycles. The predicted octanol–water partition coefficient (Wildman–Crippen LogP) is 2.92. The molecular weight excluding hydrogens is 295 g/mol. The van der Waals surface area contributed by atoms with Crippen LogP contribution in [0.4, 0.5) is 0 Å². The Hall–Kier alpha value is 0.260. The molecular formula is C10H12IOS. The fraction of sp³-hybridized carbons (Fsp3) is 0.300. The summed E-state index contributed by atoms with van der Waals surface area (Å²) in [7, 11) is 0. The van der Waals surface area contributed by atoms with E-state index in [1.54, 1.807) is 11.8 Å². The highest BCUT2D eigenvalue weighted by molar-refractivity contribution is 14.1. The highest BCUT2D eigenvalue weighted by atomic mass is 127. The molecule has 3 heteroatoms. The van der Waals surface area contributed by atoms with Crippen molar-refractivity contribution in [2.75, 3.05) is 12.9 Å². The van der Waals surface area contributed by atoms with Gasteiger partial charge in [0.2, 0.25) is 0 Å². The van der Waals surface area contributed by atoms with Gasteiger partial charge in [-0.2, -0.15) is 0 Å². The Kier molecular flexibility index (Phi) is 4.55. The van der Waals surface area contributed by atoms with Crippen LogP contribution in [0.1, 0.15) is 11.5 Å². The fourth-order valence-corrected chi connectivity index (χ4v) is 2.45. The molecule has 0 saturated carbocycles. The van der Waals surface area contributed by atoms with Crippen molar-refractivity contribution in [1.82, 2.24) is 0 Å². The third-order valence-electron chi connectivity index (χ3n) is 1.82. The van der Waals surface area contributed by atoms with E-state index in [2.05, 4.69) is 47.7 Å². The first-order valence-corrected chi connectivity index (χ1v) is 6.26. The van der Waals surface area contributed by atoms with Gasteiger partial charge in [0.25, 0.3) is 0 Å². The highest BCUT2D eigenvalue weighted by Gasteiger charge is 2.05. The zero-order valence-corrected chi connectivity index (χ0v) is 10.4. The molecule has 71 valence electrons. The van der Waals surface area contributed by atoms with Crippen LogP contribution in [-0.2, 0) is 0 Å². The topological polar surface area (TPSA) is 20.2 Å². The standard InChI is InChI=1S/C10H12IOS/c1-7(6-12)8-3-9(11)5-10(4-8)13-2/h3-5,7,12H,1,6H2,2H3. The largest absolute Gasteiger partial charge is 0.396 e. The van der Waals surface area contributed by atoms with E-state index in [4.69, 9.17) is 5.11 Å². The van der Waals surface area contributed by atoms with E-state index < -0.39 is 0 Å². The molecule has 1 radical (unpaired) electrons. The van der Waals surface area contributed by atoms with Crippen LogP contribution in [0, 0.1) is 10.5 Å². The number of hydrogen-bond acceptors (Lipinski definition) is 2. The van der Waals surface area contributed by atoms with Gasteiger partial charge in [0, 0.05) is 21.0 Å². The number of thioether (sulfide) groups is 1. The van der Waals surface area contributed by atoms with E-state index >= 15 is 0 Å². The normalized spacial score (nSPS) is 12.9. The Morgan fingerprint density at radius 2 is 2.23 bits per heavy atom. The summed E-state index contributed by atoms with van der Waals surface area (Å²) < 4.78 is 1.20. The van der Waals surface area contributed by atoms with Crippen LogP contribution in [0.5, 0.6) is 0 Å². The molecule has 1 atom stereocenters. The molecule has 1 aromatic rings. The van der Waals surface area contributed by atoms with Crippen molar-refractivity contribution >= 4 is 34.4 Å². The fourth-order valence-electron chi connectivity index (χ4n) is 1.04. The molecule has 1 aromatic carbocycles. The van der Waals surface area contributed by atoms with Crippen LogP contribution in [0.3, 0.4) is 0 Å². The van der Waals surface area contributed by atoms with Crippen molar-refractivity contribution in [3.8, 4) is 0 Å². The third-order valence-corrected chi connectivity index (χ3v) is 3.15. The van der Waals surface area contributed by atoms with Gasteiger partial charge < -0.3 is 5.11 Å².